The smallest absolute Gasteiger partial charge is 0.382 e. The molecule has 0 amide bonds. The lowest BCUT2D eigenvalue weighted by atomic mass is 10.1. The summed E-state index contributed by atoms with van der Waals surface area (Å²) in [6.07, 6.45) is 5.95. The van der Waals surface area contributed by atoms with Crippen LogP contribution in [0.25, 0.3) is 11.0 Å². The van der Waals surface area contributed by atoms with Crippen molar-refractivity contribution in [2.24, 2.45) is 0 Å². The average molecular weight is 330 g/mol. The molecule has 0 atom stereocenters. The number of benzene rings is 1. The lowest BCUT2D eigenvalue weighted by Crippen LogP contribution is -2.04. The Morgan fingerprint density at radius 1 is 1.21 bits per heavy atom. The number of fused-ring (bicyclic) bond motifs is 1. The van der Waals surface area contributed by atoms with Gasteiger partial charge in [-0.25, -0.2) is 4.79 Å². The molecule has 5 nitrogen and oxygen atoms in total. The number of allylic oxidation sites excluding steroid dienone is 3. The van der Waals surface area contributed by atoms with Gasteiger partial charge >= 0.3 is 5.63 Å². The predicted octanol–water partition coefficient (Wildman–Crippen LogP) is 4.28. The molecule has 2 N–H and O–H groups in total. The van der Waals surface area contributed by atoms with Gasteiger partial charge in [-0.15, -0.1) is 0 Å². The highest BCUT2D eigenvalue weighted by molar-refractivity contribution is 5.89. The highest BCUT2D eigenvalue weighted by Crippen LogP contribution is 2.35. The van der Waals surface area contributed by atoms with E-state index in [0.717, 1.165) is 18.4 Å². The molecule has 2 rings (SSSR count). The molecule has 0 saturated carbocycles. The van der Waals surface area contributed by atoms with Crippen LogP contribution in [0.3, 0.4) is 0 Å². The zero-order valence-corrected chi connectivity index (χ0v) is 14.1. The van der Waals surface area contributed by atoms with Gasteiger partial charge in [0.05, 0.1) is 5.39 Å². The van der Waals surface area contributed by atoms with Crippen LogP contribution in [-0.2, 0) is 0 Å². The first kappa shape index (κ1) is 17.7. The quantitative estimate of drug-likeness (QED) is 0.610. The lowest BCUT2D eigenvalue weighted by Gasteiger charge is -2.09. The van der Waals surface area contributed by atoms with E-state index in [2.05, 4.69) is 19.9 Å². The molecular weight excluding hydrogens is 308 g/mol. The first-order chi connectivity index (χ1) is 11.4. The van der Waals surface area contributed by atoms with E-state index in [9.17, 15) is 15.0 Å². The minimum absolute atomic E-state index is 0.000408. The number of ether oxygens (including phenoxy) is 1. The van der Waals surface area contributed by atoms with Crippen molar-refractivity contribution >= 4 is 11.0 Å². The van der Waals surface area contributed by atoms with Gasteiger partial charge in [-0.05, 0) is 51.8 Å². The summed E-state index contributed by atoms with van der Waals surface area (Å²) in [5.74, 6) is -0.753. The van der Waals surface area contributed by atoms with Gasteiger partial charge in [0.15, 0.2) is 17.1 Å². The first-order valence-electron chi connectivity index (χ1n) is 7.79. The second-order valence-electron chi connectivity index (χ2n) is 5.90. The van der Waals surface area contributed by atoms with Crippen molar-refractivity contribution < 1.29 is 19.4 Å². The second kappa shape index (κ2) is 7.73. The van der Waals surface area contributed by atoms with Crippen molar-refractivity contribution in [1.82, 2.24) is 0 Å². The van der Waals surface area contributed by atoms with E-state index in [-0.39, 0.29) is 23.7 Å². The van der Waals surface area contributed by atoms with Crippen molar-refractivity contribution in [3.05, 3.63) is 51.9 Å². The van der Waals surface area contributed by atoms with Crippen molar-refractivity contribution in [1.29, 1.82) is 0 Å². The summed E-state index contributed by atoms with van der Waals surface area (Å²) >= 11 is 0. The van der Waals surface area contributed by atoms with E-state index in [4.69, 9.17) is 9.15 Å². The van der Waals surface area contributed by atoms with Gasteiger partial charge < -0.3 is 19.4 Å². The van der Waals surface area contributed by atoms with E-state index in [1.807, 2.05) is 13.0 Å². The molecule has 24 heavy (non-hydrogen) atoms. The molecule has 1 aromatic carbocycles. The van der Waals surface area contributed by atoms with Crippen LogP contribution in [0.15, 0.2) is 50.7 Å². The SMILES string of the molecule is CC(C)=CCCC(C)=CCOc1c(O)c(=O)oc2c(O)cccc12. The second-order valence-corrected chi connectivity index (χ2v) is 5.90. The summed E-state index contributed by atoms with van der Waals surface area (Å²) in [5.41, 5.74) is 1.50. The summed E-state index contributed by atoms with van der Waals surface area (Å²) in [6.45, 7) is 6.34. The Bertz CT molecular complexity index is 839. The molecule has 0 unspecified atom stereocenters. The molecule has 0 spiro atoms. The minimum Gasteiger partial charge on any atom is -0.504 e. The predicted molar refractivity (Wildman–Crippen MR) is 93.7 cm³/mol. The van der Waals surface area contributed by atoms with Crippen molar-refractivity contribution in [2.75, 3.05) is 6.61 Å². The third kappa shape index (κ3) is 4.19. The summed E-state index contributed by atoms with van der Waals surface area (Å²) in [5, 5.41) is 20.0. The molecule has 2 aromatic rings. The Morgan fingerprint density at radius 2 is 1.96 bits per heavy atom. The molecule has 1 heterocycles. The monoisotopic (exact) mass is 330 g/mol. The van der Waals surface area contributed by atoms with Crippen LogP contribution >= 0.6 is 0 Å². The van der Waals surface area contributed by atoms with E-state index in [0.29, 0.717) is 5.39 Å². The molecule has 0 bridgehead atoms. The van der Waals surface area contributed by atoms with Crippen LogP contribution in [0, 0.1) is 0 Å². The van der Waals surface area contributed by atoms with Gasteiger partial charge in [-0.3, -0.25) is 0 Å². The maximum atomic E-state index is 11.7. The van der Waals surface area contributed by atoms with Gasteiger partial charge in [0.25, 0.3) is 0 Å². The Kier molecular flexibility index (Phi) is 5.68. The van der Waals surface area contributed by atoms with Crippen LogP contribution in [-0.4, -0.2) is 16.8 Å². The van der Waals surface area contributed by atoms with Crippen LogP contribution in [0.5, 0.6) is 17.2 Å². The molecule has 0 saturated heterocycles. The number of phenolic OH excluding ortho intramolecular Hbond substituents is 1. The molecule has 0 aliphatic heterocycles. The molecule has 5 heteroatoms. The van der Waals surface area contributed by atoms with Gasteiger partial charge in [0.2, 0.25) is 5.75 Å². The third-order valence-corrected chi connectivity index (χ3v) is 3.59. The number of phenols is 1. The molecule has 128 valence electrons. The van der Waals surface area contributed by atoms with E-state index in [1.54, 1.807) is 12.1 Å². The summed E-state index contributed by atoms with van der Waals surface area (Å²) in [6, 6.07) is 4.60. The van der Waals surface area contributed by atoms with E-state index < -0.39 is 11.4 Å². The van der Waals surface area contributed by atoms with E-state index in [1.165, 1.54) is 11.6 Å². The van der Waals surface area contributed by atoms with Crippen LogP contribution in [0.2, 0.25) is 0 Å². The maximum absolute atomic E-state index is 11.7. The van der Waals surface area contributed by atoms with E-state index >= 15 is 0 Å². The number of hydrogen-bond donors (Lipinski definition) is 2. The molecule has 0 aliphatic rings. The third-order valence-electron chi connectivity index (χ3n) is 3.59. The van der Waals surface area contributed by atoms with Crippen molar-refractivity contribution in [3.8, 4) is 17.2 Å². The fourth-order valence-corrected chi connectivity index (χ4v) is 2.28. The van der Waals surface area contributed by atoms with Gasteiger partial charge in [0, 0.05) is 0 Å². The number of hydrogen-bond acceptors (Lipinski definition) is 5. The van der Waals surface area contributed by atoms with Gasteiger partial charge in [0.1, 0.15) is 6.61 Å². The first-order valence-corrected chi connectivity index (χ1v) is 7.79. The number of para-hydroxylation sites is 1. The van der Waals surface area contributed by atoms with Crippen LogP contribution in [0.4, 0.5) is 0 Å². The Balaban J connectivity index is 2.18. The Morgan fingerprint density at radius 3 is 2.67 bits per heavy atom. The highest BCUT2D eigenvalue weighted by atomic mass is 16.5. The molecule has 1 aromatic heterocycles. The fraction of sp³-hybridized carbons (Fsp3) is 0.316. The minimum atomic E-state index is -0.941. The summed E-state index contributed by atoms with van der Waals surface area (Å²) in [4.78, 5) is 11.7. The Hall–Kier alpha value is -2.69. The number of aromatic hydroxyl groups is 2. The molecule has 0 radical (unpaired) electrons. The molecule has 0 aliphatic carbocycles. The van der Waals surface area contributed by atoms with Crippen LogP contribution < -0.4 is 10.4 Å². The lowest BCUT2D eigenvalue weighted by molar-refractivity contribution is 0.326. The number of rotatable bonds is 6. The van der Waals surface area contributed by atoms with Gasteiger partial charge in [-0.1, -0.05) is 23.3 Å². The van der Waals surface area contributed by atoms with Crippen molar-refractivity contribution in [2.45, 2.75) is 33.6 Å². The normalized spacial score (nSPS) is 11.5. The maximum Gasteiger partial charge on any atom is 0.382 e. The Labute approximate surface area is 140 Å². The van der Waals surface area contributed by atoms with Crippen molar-refractivity contribution in [3.63, 3.8) is 0 Å². The zero-order chi connectivity index (χ0) is 17.7. The van der Waals surface area contributed by atoms with Crippen LogP contribution in [0.1, 0.15) is 33.6 Å². The highest BCUT2D eigenvalue weighted by Gasteiger charge is 2.16. The fourth-order valence-electron chi connectivity index (χ4n) is 2.28. The molecular formula is C19H22O5. The summed E-state index contributed by atoms with van der Waals surface area (Å²) < 4.78 is 10.5. The standard InChI is InChI=1S/C19H22O5/c1-12(2)6-4-7-13(3)10-11-23-18-14-8-5-9-15(20)17(14)24-19(22)16(18)21/h5-6,8-10,20-21H,4,7,11H2,1-3H3. The van der Waals surface area contributed by atoms with Gasteiger partial charge in [-0.2, -0.15) is 0 Å². The zero-order valence-electron chi connectivity index (χ0n) is 14.1. The summed E-state index contributed by atoms with van der Waals surface area (Å²) in [7, 11) is 0. The largest absolute Gasteiger partial charge is 0.504 e. The molecule has 0 fully saturated rings. The average Bonchev–Trinajstić information content (AvgIpc) is 2.52. The topological polar surface area (TPSA) is 79.9 Å².